The van der Waals surface area contributed by atoms with Gasteiger partial charge in [0.1, 0.15) is 11.6 Å². The van der Waals surface area contributed by atoms with E-state index in [0.29, 0.717) is 37.4 Å². The zero-order valence-corrected chi connectivity index (χ0v) is 19.1. The predicted octanol–water partition coefficient (Wildman–Crippen LogP) is 3.69. The number of benzene rings is 2. The summed E-state index contributed by atoms with van der Waals surface area (Å²) in [6.07, 6.45) is 4.27. The Balaban J connectivity index is 1.61. The van der Waals surface area contributed by atoms with Crippen molar-refractivity contribution >= 4 is 28.5 Å². The van der Waals surface area contributed by atoms with Crippen molar-refractivity contribution < 1.29 is 9.53 Å². The van der Waals surface area contributed by atoms with E-state index in [-0.39, 0.29) is 11.7 Å². The average Bonchev–Trinajstić information content (AvgIpc) is 2.88. The van der Waals surface area contributed by atoms with Crippen LogP contribution >= 0.6 is 0 Å². The zero-order chi connectivity index (χ0) is 23.5. The van der Waals surface area contributed by atoms with Crippen molar-refractivity contribution in [2.45, 2.75) is 19.8 Å². The number of ketones is 1. The molecule has 1 saturated heterocycles. The van der Waals surface area contributed by atoms with Crippen LogP contribution in [-0.4, -0.2) is 52.0 Å². The molecule has 0 aliphatic carbocycles. The standard InChI is InChI=1S/C26H26N6O2/c1-2-21(33)13-17-4-3-5-18(12-17)19-6-7-22-23(14-19)30-24(20-15-28-26(27)29-16-20)31-25(22)32-8-10-34-11-9-32/h3-7,12,14-16H,2,8-11,13H2,1H3,(H2,27,28,29). The number of aromatic nitrogens is 4. The number of hydrogen-bond acceptors (Lipinski definition) is 8. The lowest BCUT2D eigenvalue weighted by molar-refractivity contribution is -0.118. The van der Waals surface area contributed by atoms with Crippen LogP contribution < -0.4 is 10.6 Å². The second kappa shape index (κ2) is 9.52. The summed E-state index contributed by atoms with van der Waals surface area (Å²) in [5, 5.41) is 0.975. The quantitative estimate of drug-likeness (QED) is 0.470. The molecular weight excluding hydrogens is 428 g/mol. The minimum Gasteiger partial charge on any atom is -0.378 e. The van der Waals surface area contributed by atoms with Crippen molar-refractivity contribution in [3.05, 3.63) is 60.4 Å². The van der Waals surface area contributed by atoms with Crippen molar-refractivity contribution in [1.82, 2.24) is 19.9 Å². The van der Waals surface area contributed by atoms with E-state index in [4.69, 9.17) is 20.4 Å². The summed E-state index contributed by atoms with van der Waals surface area (Å²) in [7, 11) is 0. The van der Waals surface area contributed by atoms with Gasteiger partial charge >= 0.3 is 0 Å². The zero-order valence-electron chi connectivity index (χ0n) is 19.1. The molecule has 8 nitrogen and oxygen atoms in total. The van der Waals surface area contributed by atoms with E-state index in [1.165, 1.54) is 0 Å². The maximum absolute atomic E-state index is 11.9. The molecule has 0 atom stereocenters. The number of nitrogens with two attached hydrogens (primary N) is 1. The minimum atomic E-state index is 0.210. The molecule has 4 aromatic rings. The fourth-order valence-corrected chi connectivity index (χ4v) is 4.10. The van der Waals surface area contributed by atoms with Gasteiger partial charge in [0, 0.05) is 43.7 Å². The van der Waals surface area contributed by atoms with Gasteiger partial charge in [-0.1, -0.05) is 37.3 Å². The number of fused-ring (bicyclic) bond motifs is 1. The highest BCUT2D eigenvalue weighted by molar-refractivity contribution is 5.94. The molecule has 0 spiro atoms. The van der Waals surface area contributed by atoms with Gasteiger partial charge in [0.15, 0.2) is 5.82 Å². The largest absolute Gasteiger partial charge is 0.378 e. The van der Waals surface area contributed by atoms with E-state index >= 15 is 0 Å². The number of nitrogen functional groups attached to an aromatic ring is 1. The fraction of sp³-hybridized carbons (Fsp3) is 0.269. The topological polar surface area (TPSA) is 107 Å². The molecule has 34 heavy (non-hydrogen) atoms. The molecule has 172 valence electrons. The smallest absolute Gasteiger partial charge is 0.219 e. The number of ether oxygens (including phenoxy) is 1. The Kier molecular flexibility index (Phi) is 6.14. The van der Waals surface area contributed by atoms with Gasteiger partial charge in [-0.3, -0.25) is 4.79 Å². The first-order valence-electron chi connectivity index (χ1n) is 11.4. The Hall–Kier alpha value is -3.91. The van der Waals surface area contributed by atoms with E-state index in [9.17, 15) is 4.79 Å². The molecule has 5 rings (SSSR count). The maximum Gasteiger partial charge on any atom is 0.219 e. The Bertz CT molecular complexity index is 1330. The molecule has 1 aliphatic heterocycles. The van der Waals surface area contributed by atoms with Crippen LogP contribution in [0.15, 0.2) is 54.9 Å². The van der Waals surface area contributed by atoms with Crippen molar-refractivity contribution in [2.24, 2.45) is 0 Å². The van der Waals surface area contributed by atoms with E-state index in [1.807, 2.05) is 19.1 Å². The van der Waals surface area contributed by atoms with Gasteiger partial charge in [0.05, 0.1) is 24.3 Å². The van der Waals surface area contributed by atoms with E-state index in [0.717, 1.165) is 46.5 Å². The Labute approximate surface area is 197 Å². The lowest BCUT2D eigenvalue weighted by Gasteiger charge is -2.29. The highest BCUT2D eigenvalue weighted by Gasteiger charge is 2.19. The first-order valence-corrected chi connectivity index (χ1v) is 11.4. The lowest BCUT2D eigenvalue weighted by atomic mass is 9.99. The third-order valence-corrected chi connectivity index (χ3v) is 5.97. The molecule has 2 N–H and O–H groups in total. The fourth-order valence-electron chi connectivity index (χ4n) is 4.10. The van der Waals surface area contributed by atoms with Gasteiger partial charge in [-0.25, -0.2) is 19.9 Å². The van der Waals surface area contributed by atoms with Crippen molar-refractivity contribution in [3.8, 4) is 22.5 Å². The normalized spacial score (nSPS) is 13.9. The van der Waals surface area contributed by atoms with E-state index in [1.54, 1.807) is 12.4 Å². The molecule has 1 fully saturated rings. The van der Waals surface area contributed by atoms with E-state index in [2.05, 4.69) is 45.2 Å². The summed E-state index contributed by atoms with van der Waals surface area (Å²) < 4.78 is 5.54. The average molecular weight is 455 g/mol. The van der Waals surface area contributed by atoms with Crippen LogP contribution in [0.4, 0.5) is 11.8 Å². The predicted molar refractivity (Wildman–Crippen MR) is 132 cm³/mol. The van der Waals surface area contributed by atoms with Gasteiger partial charge in [0.25, 0.3) is 0 Å². The minimum absolute atomic E-state index is 0.210. The van der Waals surface area contributed by atoms with Gasteiger partial charge in [-0.15, -0.1) is 0 Å². The summed E-state index contributed by atoms with van der Waals surface area (Å²) in [5.74, 6) is 1.86. The number of morpholine rings is 1. The summed E-state index contributed by atoms with van der Waals surface area (Å²) in [6, 6.07) is 14.4. The molecular formula is C26H26N6O2. The molecule has 3 heterocycles. The molecule has 2 aromatic carbocycles. The number of anilines is 2. The van der Waals surface area contributed by atoms with Crippen LogP contribution in [0.3, 0.4) is 0 Å². The third-order valence-electron chi connectivity index (χ3n) is 5.97. The summed E-state index contributed by atoms with van der Waals surface area (Å²) in [4.78, 5) is 32.1. The molecule has 0 amide bonds. The second-order valence-corrected chi connectivity index (χ2v) is 8.30. The van der Waals surface area contributed by atoms with Crippen LogP contribution in [0.1, 0.15) is 18.9 Å². The maximum atomic E-state index is 11.9. The lowest BCUT2D eigenvalue weighted by Crippen LogP contribution is -2.37. The van der Waals surface area contributed by atoms with Crippen molar-refractivity contribution in [2.75, 3.05) is 36.9 Å². The number of carbonyl (C=O) groups is 1. The van der Waals surface area contributed by atoms with Crippen molar-refractivity contribution in [1.29, 1.82) is 0 Å². The molecule has 0 saturated carbocycles. The summed E-state index contributed by atoms with van der Waals surface area (Å²) >= 11 is 0. The summed E-state index contributed by atoms with van der Waals surface area (Å²) in [6.45, 7) is 4.74. The SMILES string of the molecule is CCC(=O)Cc1cccc(-c2ccc3c(N4CCOCC4)nc(-c4cnc(N)nc4)nc3c2)c1. The van der Waals surface area contributed by atoms with Crippen LogP contribution in [-0.2, 0) is 16.0 Å². The number of carbonyl (C=O) groups excluding carboxylic acids is 1. The molecule has 1 aliphatic rings. The Morgan fingerprint density at radius 2 is 1.76 bits per heavy atom. The van der Waals surface area contributed by atoms with Crippen LogP contribution in [0, 0.1) is 0 Å². The number of nitrogens with zero attached hydrogens (tertiary/aromatic N) is 5. The number of Topliss-reactive ketones (excluding diaryl/α,β-unsaturated/α-hetero) is 1. The molecule has 0 radical (unpaired) electrons. The Morgan fingerprint density at radius 3 is 2.53 bits per heavy atom. The Morgan fingerprint density at radius 1 is 1.00 bits per heavy atom. The molecule has 8 heteroatoms. The van der Waals surface area contributed by atoms with Gasteiger partial charge in [-0.2, -0.15) is 0 Å². The highest BCUT2D eigenvalue weighted by atomic mass is 16.5. The number of rotatable bonds is 6. The molecule has 2 aromatic heterocycles. The number of hydrogen-bond donors (Lipinski definition) is 1. The van der Waals surface area contributed by atoms with Crippen LogP contribution in [0.5, 0.6) is 0 Å². The van der Waals surface area contributed by atoms with Gasteiger partial charge in [-0.05, 0) is 28.8 Å². The van der Waals surface area contributed by atoms with Gasteiger partial charge in [0.2, 0.25) is 5.95 Å². The van der Waals surface area contributed by atoms with Crippen molar-refractivity contribution in [3.63, 3.8) is 0 Å². The van der Waals surface area contributed by atoms with Crippen LogP contribution in [0.25, 0.3) is 33.4 Å². The second-order valence-electron chi connectivity index (χ2n) is 8.30. The first kappa shape index (κ1) is 21.9. The molecule has 0 unspecified atom stereocenters. The van der Waals surface area contributed by atoms with E-state index < -0.39 is 0 Å². The monoisotopic (exact) mass is 454 g/mol. The summed E-state index contributed by atoms with van der Waals surface area (Å²) in [5.41, 5.74) is 10.3. The molecule has 0 bridgehead atoms. The highest BCUT2D eigenvalue weighted by Crippen LogP contribution is 2.31. The van der Waals surface area contributed by atoms with Gasteiger partial charge < -0.3 is 15.4 Å². The third kappa shape index (κ3) is 4.58. The van der Waals surface area contributed by atoms with Crippen LogP contribution in [0.2, 0.25) is 0 Å². The first-order chi connectivity index (χ1) is 16.6.